The largest absolute Gasteiger partial charge is 0.389 e. The number of rotatable bonds is 5. The van der Waals surface area contributed by atoms with Crippen molar-refractivity contribution in [3.63, 3.8) is 0 Å². The van der Waals surface area contributed by atoms with Crippen LogP contribution in [-0.2, 0) is 6.54 Å². The molecule has 1 saturated heterocycles. The summed E-state index contributed by atoms with van der Waals surface area (Å²) >= 11 is 5.03. The zero-order valence-corrected chi connectivity index (χ0v) is 12.9. The van der Waals surface area contributed by atoms with Gasteiger partial charge in [0.1, 0.15) is 10.8 Å². The Balaban J connectivity index is 2.15. The molecule has 0 saturated carbocycles. The highest BCUT2D eigenvalue weighted by Crippen LogP contribution is 2.22. The fraction of sp³-hybridized carbons (Fsp3) is 0.533. The van der Waals surface area contributed by atoms with Crippen molar-refractivity contribution in [2.45, 2.75) is 25.4 Å². The summed E-state index contributed by atoms with van der Waals surface area (Å²) in [5.41, 5.74) is 7.39. The summed E-state index contributed by atoms with van der Waals surface area (Å²) in [4.78, 5) is 4.92. The molecule has 0 radical (unpaired) electrons. The van der Waals surface area contributed by atoms with E-state index in [0.29, 0.717) is 11.6 Å². The summed E-state index contributed by atoms with van der Waals surface area (Å²) in [5, 5.41) is 0. The topological polar surface area (TPSA) is 32.5 Å². The minimum Gasteiger partial charge on any atom is -0.389 e. The van der Waals surface area contributed by atoms with Gasteiger partial charge < -0.3 is 10.6 Å². The molecule has 110 valence electrons. The number of likely N-dealkylation sites (tertiary alicyclic amines) is 1. The molecule has 1 fully saturated rings. The molecule has 0 bridgehead atoms. The lowest BCUT2D eigenvalue weighted by Crippen LogP contribution is -2.37. The van der Waals surface area contributed by atoms with Gasteiger partial charge >= 0.3 is 0 Å². The van der Waals surface area contributed by atoms with Crippen molar-refractivity contribution in [3.8, 4) is 0 Å². The first-order chi connectivity index (χ1) is 9.47. The molecule has 1 aliphatic rings. The van der Waals surface area contributed by atoms with Crippen LogP contribution in [0, 0.1) is 5.82 Å². The Kier molecular flexibility index (Phi) is 5.07. The molecule has 1 atom stereocenters. The molecule has 0 spiro atoms. The molecular weight excluding hydrogens is 273 g/mol. The van der Waals surface area contributed by atoms with Crippen LogP contribution < -0.4 is 5.73 Å². The normalized spacial score (nSPS) is 19.7. The van der Waals surface area contributed by atoms with E-state index < -0.39 is 0 Å². The van der Waals surface area contributed by atoms with Crippen molar-refractivity contribution < 1.29 is 4.39 Å². The molecule has 1 aliphatic heterocycles. The number of nitrogens with zero attached hydrogens (tertiary/aromatic N) is 2. The van der Waals surface area contributed by atoms with E-state index in [1.807, 2.05) is 0 Å². The monoisotopic (exact) mass is 295 g/mol. The van der Waals surface area contributed by atoms with Crippen molar-refractivity contribution in [1.82, 2.24) is 9.80 Å². The Bertz CT molecular complexity index is 490. The Morgan fingerprint density at radius 3 is 2.90 bits per heavy atom. The van der Waals surface area contributed by atoms with Crippen LogP contribution in [0.1, 0.15) is 24.0 Å². The van der Waals surface area contributed by atoms with Gasteiger partial charge in [0, 0.05) is 24.7 Å². The third-order valence-corrected chi connectivity index (χ3v) is 4.01. The highest BCUT2D eigenvalue weighted by atomic mass is 32.1. The van der Waals surface area contributed by atoms with Crippen molar-refractivity contribution in [3.05, 3.63) is 35.1 Å². The molecule has 2 N–H and O–H groups in total. The van der Waals surface area contributed by atoms with E-state index in [0.717, 1.165) is 25.2 Å². The van der Waals surface area contributed by atoms with Crippen molar-refractivity contribution >= 4 is 17.2 Å². The molecule has 2 rings (SSSR count). The first-order valence-electron chi connectivity index (χ1n) is 6.94. The molecule has 0 aliphatic carbocycles. The average Bonchev–Trinajstić information content (AvgIpc) is 2.78. The molecular formula is C15H22FN3S. The van der Waals surface area contributed by atoms with Gasteiger partial charge in [0.05, 0.1) is 0 Å². The van der Waals surface area contributed by atoms with Gasteiger partial charge in [0.15, 0.2) is 0 Å². The number of nitrogens with two attached hydrogens (primary N) is 1. The molecule has 20 heavy (non-hydrogen) atoms. The van der Waals surface area contributed by atoms with Gasteiger partial charge in [-0.25, -0.2) is 4.39 Å². The predicted octanol–water partition coefficient (Wildman–Crippen LogP) is 1.99. The standard InChI is InChI=1S/C15H22FN3S/c1-18(2)10-13-4-3-7-19(13)9-11-5-6-12(16)8-14(11)15(17)20/h5-6,8,13H,3-4,7,9-10H2,1-2H3,(H2,17,20). The number of benzene rings is 1. The van der Waals surface area contributed by atoms with Crippen LogP contribution >= 0.6 is 12.2 Å². The fourth-order valence-corrected chi connectivity index (χ4v) is 3.06. The molecule has 1 unspecified atom stereocenters. The van der Waals surface area contributed by atoms with E-state index >= 15 is 0 Å². The van der Waals surface area contributed by atoms with Gasteiger partial charge in [-0.3, -0.25) is 4.90 Å². The Morgan fingerprint density at radius 1 is 1.50 bits per heavy atom. The molecule has 1 aromatic carbocycles. The Labute approximate surface area is 125 Å². The second-order valence-electron chi connectivity index (χ2n) is 5.69. The number of thiocarbonyl (C=S) groups is 1. The maximum atomic E-state index is 13.3. The maximum Gasteiger partial charge on any atom is 0.123 e. The molecule has 5 heteroatoms. The summed E-state index contributed by atoms with van der Waals surface area (Å²) in [6, 6.07) is 5.27. The predicted molar refractivity (Wildman–Crippen MR) is 84.3 cm³/mol. The average molecular weight is 295 g/mol. The summed E-state index contributed by atoms with van der Waals surface area (Å²) < 4.78 is 13.3. The fourth-order valence-electron chi connectivity index (χ4n) is 2.87. The van der Waals surface area contributed by atoms with Crippen LogP contribution in [-0.4, -0.2) is 48.0 Å². The Hall–Kier alpha value is -1.04. The van der Waals surface area contributed by atoms with Gasteiger partial charge in [0.2, 0.25) is 0 Å². The lowest BCUT2D eigenvalue weighted by atomic mass is 10.1. The smallest absolute Gasteiger partial charge is 0.123 e. The van der Waals surface area contributed by atoms with Crippen LogP contribution in [0.15, 0.2) is 18.2 Å². The van der Waals surface area contributed by atoms with Crippen molar-refractivity contribution in [1.29, 1.82) is 0 Å². The number of likely N-dealkylation sites (N-methyl/N-ethyl adjacent to an activating group) is 1. The zero-order valence-electron chi connectivity index (χ0n) is 12.1. The van der Waals surface area contributed by atoms with Gasteiger partial charge in [-0.05, 0) is 51.2 Å². The second kappa shape index (κ2) is 6.61. The minimum absolute atomic E-state index is 0.267. The van der Waals surface area contributed by atoms with Crippen LogP contribution in [0.25, 0.3) is 0 Å². The van der Waals surface area contributed by atoms with E-state index in [9.17, 15) is 4.39 Å². The second-order valence-corrected chi connectivity index (χ2v) is 6.13. The minimum atomic E-state index is -0.289. The summed E-state index contributed by atoms with van der Waals surface area (Å²) in [7, 11) is 4.18. The van der Waals surface area contributed by atoms with Crippen LogP contribution in [0.3, 0.4) is 0 Å². The number of hydrogen-bond acceptors (Lipinski definition) is 3. The van der Waals surface area contributed by atoms with Crippen molar-refractivity contribution in [2.24, 2.45) is 5.73 Å². The van der Waals surface area contributed by atoms with Crippen LogP contribution in [0.4, 0.5) is 4.39 Å². The lowest BCUT2D eigenvalue weighted by Gasteiger charge is -2.27. The molecule has 0 amide bonds. The van der Waals surface area contributed by atoms with E-state index in [4.69, 9.17) is 18.0 Å². The number of halogens is 1. The van der Waals surface area contributed by atoms with Gasteiger partial charge in [0.25, 0.3) is 0 Å². The Morgan fingerprint density at radius 2 is 2.25 bits per heavy atom. The quantitative estimate of drug-likeness (QED) is 0.842. The third-order valence-electron chi connectivity index (χ3n) is 3.79. The first kappa shape index (κ1) is 15.4. The SMILES string of the molecule is CN(C)CC1CCCN1Cc1ccc(F)cc1C(N)=S. The van der Waals surface area contributed by atoms with Gasteiger partial charge in [-0.2, -0.15) is 0 Å². The first-order valence-corrected chi connectivity index (χ1v) is 7.35. The van der Waals surface area contributed by atoms with E-state index in [2.05, 4.69) is 23.9 Å². The van der Waals surface area contributed by atoms with Crippen LogP contribution in [0.2, 0.25) is 0 Å². The highest BCUT2D eigenvalue weighted by molar-refractivity contribution is 7.80. The molecule has 1 aromatic rings. The molecule has 0 aromatic heterocycles. The maximum absolute atomic E-state index is 13.3. The summed E-state index contributed by atoms with van der Waals surface area (Å²) in [5.74, 6) is -0.289. The van der Waals surface area contributed by atoms with Gasteiger partial charge in [-0.15, -0.1) is 0 Å². The van der Waals surface area contributed by atoms with Crippen LogP contribution in [0.5, 0.6) is 0 Å². The van der Waals surface area contributed by atoms with E-state index in [1.165, 1.54) is 25.0 Å². The number of hydrogen-bond donors (Lipinski definition) is 1. The summed E-state index contributed by atoms with van der Waals surface area (Å²) in [6.07, 6.45) is 2.42. The highest BCUT2D eigenvalue weighted by Gasteiger charge is 2.25. The zero-order chi connectivity index (χ0) is 14.7. The molecule has 3 nitrogen and oxygen atoms in total. The third kappa shape index (κ3) is 3.75. The van der Waals surface area contributed by atoms with E-state index in [1.54, 1.807) is 6.07 Å². The van der Waals surface area contributed by atoms with Gasteiger partial charge in [-0.1, -0.05) is 18.3 Å². The summed E-state index contributed by atoms with van der Waals surface area (Å²) in [6.45, 7) is 2.90. The van der Waals surface area contributed by atoms with Crippen molar-refractivity contribution in [2.75, 3.05) is 27.2 Å². The molecule has 1 heterocycles. The lowest BCUT2D eigenvalue weighted by molar-refractivity contribution is 0.201. The van der Waals surface area contributed by atoms with E-state index in [-0.39, 0.29) is 10.8 Å².